The number of benzene rings is 3. The zero-order valence-electron chi connectivity index (χ0n) is 59.6. The lowest BCUT2D eigenvalue weighted by Gasteiger charge is -2.11. The van der Waals surface area contributed by atoms with Crippen LogP contribution in [0.4, 0.5) is 0 Å². The summed E-state index contributed by atoms with van der Waals surface area (Å²) >= 11 is 0. The number of fused-ring (bicyclic) bond motifs is 3. The first-order valence-corrected chi connectivity index (χ1v) is 39.1. The van der Waals surface area contributed by atoms with E-state index in [1.807, 2.05) is 0 Å². The van der Waals surface area contributed by atoms with Crippen LogP contribution in [-0.4, -0.2) is 0 Å². The molecule has 0 saturated heterocycles. The first-order valence-electron chi connectivity index (χ1n) is 39.1. The Hall–Kier alpha value is -4.98. The summed E-state index contributed by atoms with van der Waals surface area (Å²) in [6.45, 7) is 13.9. The summed E-state index contributed by atoms with van der Waals surface area (Å²) in [5.41, 5.74) is 8.72. The number of unbranched alkanes of at least 4 members (excludes halogenated alkanes) is 42. The van der Waals surface area contributed by atoms with Crippen LogP contribution >= 0.6 is 0 Å². The lowest BCUT2D eigenvalue weighted by atomic mass is 9.94. The molecule has 0 amide bonds. The number of hydrogen-bond donors (Lipinski definition) is 0. The molecule has 0 aliphatic heterocycles. The molecule has 4 rings (SSSR count). The largest absolute Gasteiger partial charge is 0.0654 e. The molecule has 0 aliphatic rings. The van der Waals surface area contributed by atoms with Gasteiger partial charge < -0.3 is 0 Å². The second kappa shape index (κ2) is 54.6. The van der Waals surface area contributed by atoms with Crippen molar-refractivity contribution in [1.29, 1.82) is 0 Å². The van der Waals surface area contributed by atoms with Gasteiger partial charge in [0.15, 0.2) is 0 Å². The minimum Gasteiger partial charge on any atom is -0.0654 e. The summed E-state index contributed by atoms with van der Waals surface area (Å²) in [6.07, 6.45) is 70.0. The van der Waals surface area contributed by atoms with Crippen molar-refractivity contribution >= 4 is 32.3 Å². The Morgan fingerprint density at radius 1 is 0.156 bits per heavy atom. The van der Waals surface area contributed by atoms with Gasteiger partial charge >= 0.3 is 0 Å². The van der Waals surface area contributed by atoms with Gasteiger partial charge in [0.05, 0.1) is 0 Å². The zero-order chi connectivity index (χ0) is 63.8. The van der Waals surface area contributed by atoms with Gasteiger partial charge in [-0.1, -0.05) is 348 Å². The van der Waals surface area contributed by atoms with Gasteiger partial charge in [-0.15, -0.1) is 0 Å². The smallest absolute Gasteiger partial charge is 0.0415 e. The average Bonchev–Trinajstić information content (AvgIpc) is 1.97. The van der Waals surface area contributed by atoms with Crippen molar-refractivity contribution in [2.24, 2.45) is 0 Å². The summed E-state index contributed by atoms with van der Waals surface area (Å²) in [4.78, 5) is 0. The van der Waals surface area contributed by atoms with Gasteiger partial charge in [-0.2, -0.15) is 0 Å². The third kappa shape index (κ3) is 36.3. The van der Waals surface area contributed by atoms with Gasteiger partial charge in [0, 0.05) is 32.3 Å². The van der Waals surface area contributed by atoms with Crippen molar-refractivity contribution in [2.45, 2.75) is 388 Å². The lowest BCUT2D eigenvalue weighted by molar-refractivity contribution is 0.571. The highest BCUT2D eigenvalue weighted by molar-refractivity contribution is 5.82. The van der Waals surface area contributed by atoms with E-state index in [1.54, 1.807) is 0 Å². The van der Waals surface area contributed by atoms with Crippen LogP contribution in [0.25, 0.3) is 32.3 Å². The van der Waals surface area contributed by atoms with Gasteiger partial charge in [-0.25, -0.2) is 0 Å². The number of hydrogen-bond acceptors (Lipinski definition) is 0. The third-order valence-corrected chi connectivity index (χ3v) is 19.2. The van der Waals surface area contributed by atoms with Crippen LogP contribution in [-0.2, 0) is 38.5 Å². The van der Waals surface area contributed by atoms with Gasteiger partial charge in [-0.05, 0) is 183 Å². The molecule has 90 heavy (non-hydrogen) atoms. The summed E-state index contributed by atoms with van der Waals surface area (Å²) in [5.74, 6) is 0. The van der Waals surface area contributed by atoms with Gasteiger partial charge in [0.25, 0.3) is 0 Å². The van der Waals surface area contributed by atoms with Crippen LogP contribution in [0, 0.1) is 72.8 Å². The summed E-state index contributed by atoms with van der Waals surface area (Å²) < 4.78 is 0. The van der Waals surface area contributed by atoms with Gasteiger partial charge in [-0.3, -0.25) is 0 Å². The van der Waals surface area contributed by atoms with Crippen molar-refractivity contribution in [3.8, 4) is 0 Å². The molecule has 0 fully saturated rings. The highest BCUT2D eigenvalue weighted by atomic mass is 14.1. The van der Waals surface area contributed by atoms with E-state index >= 15 is 0 Å². The maximum absolute atomic E-state index is 3.62. The standard InChI is InChI=1S/C90H132/c1-7-13-19-25-31-37-43-49-61-79-73-85-67-55-56-69-87-75-81(63-51-45-39-33-27-21-15-9-3)83(65-53-47-41-35-29-23-17-11-5)77-89(87)71-59-60-72-90-78-84(66-54-48-42-36-30-24-18-12-6)82(64-52-46-40-34-28-22-16-10-4)76-88(90)70-58-57-68-86(85)74-80(79)62-50-44-38-32-26-20-14-8-2/h73-78H,7-54,61-66H2,1-6H3. The molecule has 0 N–H and O–H groups in total. The normalized spacial score (nSPS) is 10.9. The summed E-state index contributed by atoms with van der Waals surface area (Å²) in [5, 5.41) is 5.89. The molecule has 0 bridgehead atoms. The van der Waals surface area contributed by atoms with Crippen LogP contribution in [0.1, 0.15) is 383 Å². The molecule has 0 nitrogen and oxygen atoms in total. The Kier molecular flexibility index (Phi) is 47.0. The van der Waals surface area contributed by atoms with Crippen molar-refractivity contribution in [2.75, 3.05) is 0 Å². The van der Waals surface area contributed by atoms with E-state index in [1.165, 1.54) is 342 Å². The monoisotopic (exact) mass is 1210 g/mol. The SMILES string of the molecule is CCCCCCCCCCc1cc2c#cc#cc3cc(CCCCCCCCCC)c(CCCCCCCCCC)cc3c#cc#cc3cc(CCCCCCCCCC)c(CCCCCCCCCC)cc3c#cc#cc2cc1CCCCCCCCCC. The maximum Gasteiger partial charge on any atom is 0.0415 e. The number of aryl methyl sites for hydroxylation is 6. The highest BCUT2D eigenvalue weighted by Gasteiger charge is 2.10. The lowest BCUT2D eigenvalue weighted by Crippen LogP contribution is -1.96. The molecule has 0 radical (unpaired) electrons. The molecule has 0 unspecified atom stereocenters. The summed E-state index contributed by atoms with van der Waals surface area (Å²) in [6, 6.07) is 56.5. The topological polar surface area (TPSA) is 0 Å². The Balaban J connectivity index is 1.92. The van der Waals surface area contributed by atoms with Gasteiger partial charge in [0.1, 0.15) is 0 Å². The van der Waals surface area contributed by atoms with Crippen molar-refractivity contribution in [3.63, 3.8) is 0 Å². The highest BCUT2D eigenvalue weighted by Crippen LogP contribution is 2.27. The second-order valence-electron chi connectivity index (χ2n) is 27.3. The van der Waals surface area contributed by atoms with Crippen molar-refractivity contribution in [1.82, 2.24) is 0 Å². The fourth-order valence-corrected chi connectivity index (χ4v) is 13.4. The van der Waals surface area contributed by atoms with E-state index in [2.05, 4.69) is 151 Å². The molecular formula is C90H132. The molecular weight excluding hydrogens is 1080 g/mol. The predicted octanol–water partition coefficient (Wildman–Crippen LogP) is 28.2. The van der Waals surface area contributed by atoms with Crippen LogP contribution in [0.3, 0.4) is 0 Å². The molecule has 0 heterocycles. The quantitative estimate of drug-likeness (QED) is 0.0387. The summed E-state index contributed by atoms with van der Waals surface area (Å²) in [7, 11) is 0. The minimum absolute atomic E-state index is 0.981. The minimum atomic E-state index is 0.981. The van der Waals surface area contributed by atoms with E-state index in [-0.39, 0.29) is 0 Å². The molecule has 4 aromatic carbocycles. The van der Waals surface area contributed by atoms with Crippen molar-refractivity contribution in [3.05, 3.63) is 143 Å². The Morgan fingerprint density at radius 3 is 0.389 bits per heavy atom. The van der Waals surface area contributed by atoms with Crippen LogP contribution in [0.5, 0.6) is 0 Å². The average molecular weight is 1210 g/mol. The molecule has 492 valence electrons. The molecule has 0 aliphatic carbocycles. The first-order chi connectivity index (χ1) is 44.5. The van der Waals surface area contributed by atoms with Crippen LogP contribution in [0.2, 0.25) is 0 Å². The van der Waals surface area contributed by atoms with E-state index in [0.29, 0.717) is 0 Å². The van der Waals surface area contributed by atoms with E-state index in [4.69, 9.17) is 0 Å². The molecule has 0 heteroatoms. The van der Waals surface area contributed by atoms with Gasteiger partial charge in [0.2, 0.25) is 0 Å². The fourth-order valence-electron chi connectivity index (χ4n) is 13.4. The van der Waals surface area contributed by atoms with E-state index in [0.717, 1.165) is 70.8 Å². The Morgan fingerprint density at radius 2 is 0.267 bits per heavy atom. The molecule has 0 spiro atoms. The Bertz CT molecular complexity index is 2110. The second-order valence-corrected chi connectivity index (χ2v) is 27.3. The maximum atomic E-state index is 3.62. The molecule has 4 aromatic rings. The third-order valence-electron chi connectivity index (χ3n) is 19.2. The molecule has 0 aromatic heterocycles. The molecule has 0 saturated carbocycles. The van der Waals surface area contributed by atoms with E-state index in [9.17, 15) is 0 Å². The van der Waals surface area contributed by atoms with Crippen LogP contribution in [0.15, 0.2) is 36.4 Å². The predicted molar refractivity (Wildman–Crippen MR) is 396 cm³/mol. The van der Waals surface area contributed by atoms with Crippen molar-refractivity contribution < 1.29 is 0 Å². The first kappa shape index (κ1) is 77.5. The van der Waals surface area contributed by atoms with E-state index < -0.39 is 0 Å². The fraction of sp³-hybridized carbons (Fsp3) is 0.667. The van der Waals surface area contributed by atoms with Crippen LogP contribution < -0.4 is 0 Å². The Labute approximate surface area is 559 Å². The molecule has 0 atom stereocenters. The zero-order valence-corrected chi connectivity index (χ0v) is 59.6. The number of rotatable bonds is 54.